The van der Waals surface area contributed by atoms with Crippen LogP contribution in [-0.2, 0) is 16.1 Å². The van der Waals surface area contributed by atoms with Crippen molar-refractivity contribution < 1.29 is 14.3 Å². The van der Waals surface area contributed by atoms with Crippen molar-refractivity contribution in [1.82, 2.24) is 10.2 Å². The molecule has 1 aliphatic rings. The standard InChI is InChI=1S/C23H26N2O3S2/c1-15(2)14-25-22(27)20(30-23(25)29)12-21(26)24-13-17-6-10-19(11-7-17)28-18-8-4-16(3)5-9-18/h4-11,15,20H,12-14H2,1-3H3,(H,24,26). The average Bonchev–Trinajstić information content (AvgIpc) is 2.96. The summed E-state index contributed by atoms with van der Waals surface area (Å²) in [6.45, 7) is 7.11. The molecule has 158 valence electrons. The van der Waals surface area contributed by atoms with Gasteiger partial charge in [-0.15, -0.1) is 0 Å². The number of thiocarbonyl (C=S) groups is 1. The Labute approximate surface area is 187 Å². The van der Waals surface area contributed by atoms with Crippen LogP contribution in [0.2, 0.25) is 0 Å². The van der Waals surface area contributed by atoms with Crippen molar-refractivity contribution >= 4 is 40.1 Å². The van der Waals surface area contributed by atoms with Crippen LogP contribution in [0.25, 0.3) is 0 Å². The molecular weight excluding hydrogens is 416 g/mol. The third-order valence-electron chi connectivity index (χ3n) is 4.59. The lowest BCUT2D eigenvalue weighted by Gasteiger charge is -2.17. The van der Waals surface area contributed by atoms with Gasteiger partial charge in [-0.2, -0.15) is 0 Å². The third kappa shape index (κ3) is 6.06. The molecule has 0 spiro atoms. The normalized spacial score (nSPS) is 16.3. The van der Waals surface area contributed by atoms with Crippen LogP contribution >= 0.6 is 24.0 Å². The monoisotopic (exact) mass is 442 g/mol. The van der Waals surface area contributed by atoms with E-state index < -0.39 is 5.25 Å². The minimum atomic E-state index is -0.429. The minimum absolute atomic E-state index is 0.0635. The summed E-state index contributed by atoms with van der Waals surface area (Å²) >= 11 is 6.60. The summed E-state index contributed by atoms with van der Waals surface area (Å²) in [5.74, 6) is 1.63. The number of ether oxygens (including phenoxy) is 1. The number of nitrogens with one attached hydrogen (secondary N) is 1. The first kappa shape index (κ1) is 22.3. The Morgan fingerprint density at radius 3 is 2.33 bits per heavy atom. The molecule has 0 bridgehead atoms. The van der Waals surface area contributed by atoms with Gasteiger partial charge in [0.25, 0.3) is 0 Å². The van der Waals surface area contributed by atoms with Gasteiger partial charge in [0.1, 0.15) is 15.8 Å². The smallest absolute Gasteiger partial charge is 0.242 e. The first-order chi connectivity index (χ1) is 14.3. The maximum absolute atomic E-state index is 12.5. The Kier molecular flexibility index (Phi) is 7.50. The number of benzene rings is 2. The van der Waals surface area contributed by atoms with E-state index in [1.807, 2.05) is 69.3 Å². The molecule has 2 aromatic carbocycles. The summed E-state index contributed by atoms with van der Waals surface area (Å²) in [6.07, 6.45) is 0.132. The molecule has 1 aliphatic heterocycles. The molecule has 5 nitrogen and oxygen atoms in total. The summed E-state index contributed by atoms with van der Waals surface area (Å²) in [4.78, 5) is 26.4. The third-order valence-corrected chi connectivity index (χ3v) is 6.18. The predicted octanol–water partition coefficient (Wildman–Crippen LogP) is 4.68. The van der Waals surface area contributed by atoms with Crippen LogP contribution in [0.15, 0.2) is 48.5 Å². The molecule has 1 N–H and O–H groups in total. The Morgan fingerprint density at radius 2 is 1.73 bits per heavy atom. The fraction of sp³-hybridized carbons (Fsp3) is 0.348. The summed E-state index contributed by atoms with van der Waals surface area (Å²) in [5, 5.41) is 2.46. The van der Waals surface area contributed by atoms with Crippen LogP contribution in [0, 0.1) is 12.8 Å². The van der Waals surface area contributed by atoms with E-state index in [1.54, 1.807) is 4.90 Å². The van der Waals surface area contributed by atoms with E-state index in [0.717, 1.165) is 17.1 Å². The first-order valence-corrected chi connectivity index (χ1v) is 11.2. The molecule has 0 saturated carbocycles. The molecule has 1 unspecified atom stereocenters. The van der Waals surface area contributed by atoms with E-state index in [2.05, 4.69) is 5.32 Å². The molecule has 1 heterocycles. The largest absolute Gasteiger partial charge is 0.457 e. The molecule has 0 radical (unpaired) electrons. The number of thioether (sulfide) groups is 1. The summed E-state index contributed by atoms with van der Waals surface area (Å²) in [7, 11) is 0. The first-order valence-electron chi connectivity index (χ1n) is 9.94. The van der Waals surface area contributed by atoms with E-state index in [1.165, 1.54) is 17.3 Å². The number of amides is 2. The molecule has 3 rings (SSSR count). The van der Waals surface area contributed by atoms with Gasteiger partial charge in [-0.25, -0.2) is 0 Å². The van der Waals surface area contributed by atoms with Gasteiger partial charge in [0.2, 0.25) is 11.8 Å². The molecule has 0 aromatic heterocycles. The highest BCUT2D eigenvalue weighted by Crippen LogP contribution is 2.30. The van der Waals surface area contributed by atoms with Crippen molar-refractivity contribution in [1.29, 1.82) is 0 Å². The number of aryl methyl sites for hydroxylation is 1. The quantitative estimate of drug-likeness (QED) is 0.602. The molecule has 2 amide bonds. The summed E-state index contributed by atoms with van der Waals surface area (Å²) < 4.78 is 6.38. The number of carbonyl (C=O) groups is 2. The van der Waals surface area contributed by atoms with Gasteiger partial charge in [-0.1, -0.05) is 67.7 Å². The topological polar surface area (TPSA) is 58.6 Å². The van der Waals surface area contributed by atoms with Crippen LogP contribution in [0.3, 0.4) is 0 Å². The molecule has 2 aromatic rings. The lowest BCUT2D eigenvalue weighted by Crippen LogP contribution is -2.36. The zero-order chi connectivity index (χ0) is 21.7. The van der Waals surface area contributed by atoms with Gasteiger partial charge in [-0.05, 0) is 42.7 Å². The van der Waals surface area contributed by atoms with Crippen LogP contribution in [0.5, 0.6) is 11.5 Å². The Bertz CT molecular complexity index is 911. The van der Waals surface area contributed by atoms with E-state index in [4.69, 9.17) is 17.0 Å². The minimum Gasteiger partial charge on any atom is -0.457 e. The average molecular weight is 443 g/mol. The van der Waals surface area contributed by atoms with Crippen LogP contribution in [0.1, 0.15) is 31.4 Å². The highest BCUT2D eigenvalue weighted by Gasteiger charge is 2.38. The van der Waals surface area contributed by atoms with Gasteiger partial charge in [0, 0.05) is 19.5 Å². The second kappa shape index (κ2) is 10.1. The van der Waals surface area contributed by atoms with Crippen molar-refractivity contribution in [3.8, 4) is 11.5 Å². The van der Waals surface area contributed by atoms with Crippen LogP contribution < -0.4 is 10.1 Å². The maximum atomic E-state index is 12.5. The fourth-order valence-electron chi connectivity index (χ4n) is 3.02. The molecule has 7 heteroatoms. The van der Waals surface area contributed by atoms with Crippen molar-refractivity contribution in [2.45, 2.75) is 39.0 Å². The molecule has 30 heavy (non-hydrogen) atoms. The van der Waals surface area contributed by atoms with E-state index in [9.17, 15) is 9.59 Å². The van der Waals surface area contributed by atoms with Crippen molar-refractivity contribution in [2.24, 2.45) is 5.92 Å². The summed E-state index contributed by atoms with van der Waals surface area (Å²) in [5.41, 5.74) is 2.14. The van der Waals surface area contributed by atoms with E-state index in [-0.39, 0.29) is 18.2 Å². The predicted molar refractivity (Wildman–Crippen MR) is 125 cm³/mol. The van der Waals surface area contributed by atoms with E-state index in [0.29, 0.717) is 23.3 Å². The number of nitrogens with zero attached hydrogens (tertiary/aromatic N) is 1. The molecule has 0 aliphatic carbocycles. The lowest BCUT2D eigenvalue weighted by molar-refractivity contribution is -0.129. The maximum Gasteiger partial charge on any atom is 0.242 e. The second-order valence-electron chi connectivity index (χ2n) is 7.76. The van der Waals surface area contributed by atoms with Crippen LogP contribution in [-0.4, -0.2) is 32.8 Å². The Hall–Kier alpha value is -2.38. The molecule has 1 atom stereocenters. The SMILES string of the molecule is Cc1ccc(Oc2ccc(CNC(=O)CC3SC(=S)N(CC(C)C)C3=O)cc2)cc1. The zero-order valence-corrected chi connectivity index (χ0v) is 19.0. The van der Waals surface area contributed by atoms with Crippen molar-refractivity contribution in [2.75, 3.05) is 6.54 Å². The van der Waals surface area contributed by atoms with Gasteiger partial charge in [0.15, 0.2) is 0 Å². The van der Waals surface area contributed by atoms with Gasteiger partial charge in [0.05, 0.1) is 5.25 Å². The summed E-state index contributed by atoms with van der Waals surface area (Å²) in [6, 6.07) is 15.4. The van der Waals surface area contributed by atoms with Crippen LogP contribution in [0.4, 0.5) is 0 Å². The second-order valence-corrected chi connectivity index (χ2v) is 9.59. The van der Waals surface area contributed by atoms with Gasteiger partial charge >= 0.3 is 0 Å². The molecular formula is C23H26N2O3S2. The number of hydrogen-bond acceptors (Lipinski definition) is 5. The van der Waals surface area contributed by atoms with Gasteiger partial charge < -0.3 is 10.1 Å². The van der Waals surface area contributed by atoms with Crippen molar-refractivity contribution in [3.63, 3.8) is 0 Å². The number of hydrogen-bond donors (Lipinski definition) is 1. The fourth-order valence-corrected chi connectivity index (χ4v) is 4.53. The molecule has 1 fully saturated rings. The number of rotatable bonds is 8. The zero-order valence-electron chi connectivity index (χ0n) is 17.4. The van der Waals surface area contributed by atoms with Crippen molar-refractivity contribution in [3.05, 3.63) is 59.7 Å². The lowest BCUT2D eigenvalue weighted by atomic mass is 10.2. The van der Waals surface area contributed by atoms with E-state index >= 15 is 0 Å². The Morgan fingerprint density at radius 1 is 1.13 bits per heavy atom. The Balaban J connectivity index is 1.47. The number of carbonyl (C=O) groups excluding carboxylic acids is 2. The van der Waals surface area contributed by atoms with Gasteiger partial charge in [-0.3, -0.25) is 14.5 Å². The molecule has 1 saturated heterocycles. The highest BCUT2D eigenvalue weighted by molar-refractivity contribution is 8.24. The highest BCUT2D eigenvalue weighted by atomic mass is 32.2.